The van der Waals surface area contributed by atoms with Gasteiger partial charge in [0.1, 0.15) is 11.3 Å². The van der Waals surface area contributed by atoms with Crippen LogP contribution in [0.25, 0.3) is 0 Å². The zero-order chi connectivity index (χ0) is 17.6. The Morgan fingerprint density at radius 2 is 2.08 bits per heavy atom. The molecule has 2 aliphatic rings. The van der Waals surface area contributed by atoms with Crippen molar-refractivity contribution in [2.45, 2.75) is 38.8 Å². The van der Waals surface area contributed by atoms with Gasteiger partial charge in [-0.3, -0.25) is 14.6 Å². The lowest BCUT2D eigenvalue weighted by atomic mass is 9.90. The molecule has 0 saturated carbocycles. The number of hydrogen-bond donors (Lipinski definition) is 1. The highest BCUT2D eigenvalue weighted by Gasteiger charge is 2.52. The number of carbonyl (C=O) groups is 2. The van der Waals surface area contributed by atoms with E-state index in [1.807, 2.05) is 0 Å². The molecule has 0 unspecified atom stereocenters. The molecule has 0 bridgehead atoms. The topological polar surface area (TPSA) is 60.9 Å². The number of fused-ring (bicyclic) bond motifs is 1. The molecule has 1 saturated heterocycles. The molecule has 1 fully saturated rings. The van der Waals surface area contributed by atoms with Crippen LogP contribution in [0.3, 0.4) is 0 Å². The Morgan fingerprint density at radius 3 is 2.75 bits per heavy atom. The first-order valence-corrected chi connectivity index (χ1v) is 7.74. The molecule has 3 rings (SSSR count). The van der Waals surface area contributed by atoms with Gasteiger partial charge in [-0.2, -0.15) is 0 Å². The molecular formula is C17H18F2N2O3. The first-order chi connectivity index (χ1) is 11.3. The van der Waals surface area contributed by atoms with Crippen molar-refractivity contribution in [3.8, 4) is 0 Å². The lowest BCUT2D eigenvalue weighted by molar-refractivity contribution is -0.160. The zero-order valence-electron chi connectivity index (χ0n) is 13.5. The van der Waals surface area contributed by atoms with Gasteiger partial charge in [0.05, 0.1) is 12.1 Å². The Bertz CT molecular complexity index is 762. The fourth-order valence-corrected chi connectivity index (χ4v) is 3.49. The molecule has 24 heavy (non-hydrogen) atoms. The molecule has 0 aliphatic carbocycles. The number of benzene rings is 1. The monoisotopic (exact) mass is 336 g/mol. The molecule has 5 nitrogen and oxygen atoms in total. The van der Waals surface area contributed by atoms with E-state index in [-0.39, 0.29) is 23.4 Å². The van der Waals surface area contributed by atoms with Gasteiger partial charge in [0.25, 0.3) is 5.91 Å². The van der Waals surface area contributed by atoms with Crippen molar-refractivity contribution < 1.29 is 23.5 Å². The van der Waals surface area contributed by atoms with Crippen molar-refractivity contribution in [2.24, 2.45) is 0 Å². The van der Waals surface area contributed by atoms with Crippen LogP contribution in [0, 0.1) is 11.6 Å². The summed E-state index contributed by atoms with van der Waals surface area (Å²) in [6, 6.07) is 3.76. The molecule has 2 heterocycles. The van der Waals surface area contributed by atoms with Crippen LogP contribution in [-0.2, 0) is 16.1 Å². The molecular weight excluding hydrogens is 318 g/mol. The Hall–Kier alpha value is -2.28. The fourth-order valence-electron chi connectivity index (χ4n) is 3.49. The number of ketones is 1. The van der Waals surface area contributed by atoms with Gasteiger partial charge in [0.15, 0.2) is 17.4 Å². The van der Waals surface area contributed by atoms with Crippen LogP contribution < -0.4 is 0 Å². The van der Waals surface area contributed by atoms with E-state index in [0.29, 0.717) is 19.4 Å². The van der Waals surface area contributed by atoms with Crippen LogP contribution in [0.5, 0.6) is 0 Å². The fraction of sp³-hybridized carbons (Fsp3) is 0.412. The van der Waals surface area contributed by atoms with Gasteiger partial charge in [-0.15, -0.1) is 0 Å². The van der Waals surface area contributed by atoms with E-state index in [1.165, 1.54) is 24.1 Å². The van der Waals surface area contributed by atoms with E-state index >= 15 is 0 Å². The second-order valence-electron chi connectivity index (χ2n) is 6.36. The van der Waals surface area contributed by atoms with Gasteiger partial charge in [0, 0.05) is 12.1 Å². The Morgan fingerprint density at radius 1 is 1.38 bits per heavy atom. The molecule has 1 amide bonds. The first kappa shape index (κ1) is 16.6. The van der Waals surface area contributed by atoms with Gasteiger partial charge in [-0.1, -0.05) is 12.1 Å². The van der Waals surface area contributed by atoms with Crippen molar-refractivity contribution in [1.29, 1.82) is 0 Å². The van der Waals surface area contributed by atoms with Crippen molar-refractivity contribution >= 4 is 11.7 Å². The number of Topliss-reactive ketones (excluding diaryl/α,β-unsaturated/α-hetero) is 1. The maximum absolute atomic E-state index is 14.0. The largest absolute Gasteiger partial charge is 0.509 e. The normalized spacial score (nSPS) is 24.5. The predicted molar refractivity (Wildman–Crippen MR) is 81.6 cm³/mol. The highest BCUT2D eigenvalue weighted by molar-refractivity contribution is 6.19. The number of nitrogens with zero attached hydrogens (tertiary/aromatic N) is 2. The molecule has 7 heteroatoms. The molecule has 2 aliphatic heterocycles. The number of rotatable bonds is 3. The molecule has 1 atom stereocenters. The predicted octanol–water partition coefficient (Wildman–Crippen LogP) is 2.48. The number of aliphatic hydroxyl groups excluding tert-OH is 1. The molecule has 1 aromatic rings. The summed E-state index contributed by atoms with van der Waals surface area (Å²) in [5.41, 5.74) is -1.16. The minimum Gasteiger partial charge on any atom is -0.509 e. The van der Waals surface area contributed by atoms with Gasteiger partial charge in [0.2, 0.25) is 0 Å². The lowest BCUT2D eigenvalue weighted by Gasteiger charge is -2.46. The molecule has 0 spiro atoms. The molecule has 1 aromatic carbocycles. The van der Waals surface area contributed by atoms with Crippen LogP contribution in [0.4, 0.5) is 8.78 Å². The summed E-state index contributed by atoms with van der Waals surface area (Å²) < 4.78 is 27.4. The van der Waals surface area contributed by atoms with Crippen molar-refractivity contribution in [2.75, 3.05) is 6.54 Å². The van der Waals surface area contributed by atoms with Crippen LogP contribution >= 0.6 is 0 Å². The number of amides is 1. The maximum atomic E-state index is 14.0. The van der Waals surface area contributed by atoms with E-state index in [9.17, 15) is 23.5 Å². The van der Waals surface area contributed by atoms with Gasteiger partial charge < -0.3 is 5.11 Å². The second kappa shape index (κ2) is 5.66. The smallest absolute Gasteiger partial charge is 0.275 e. The summed E-state index contributed by atoms with van der Waals surface area (Å²) in [7, 11) is 0. The van der Waals surface area contributed by atoms with E-state index in [4.69, 9.17) is 0 Å². The number of hydrogen-bond acceptors (Lipinski definition) is 4. The van der Waals surface area contributed by atoms with Crippen molar-refractivity contribution in [1.82, 2.24) is 10.0 Å². The maximum Gasteiger partial charge on any atom is 0.275 e. The number of carbonyl (C=O) groups excluding carboxylic acids is 2. The summed E-state index contributed by atoms with van der Waals surface area (Å²) in [4.78, 5) is 24.5. The number of halogens is 2. The third-order valence-electron chi connectivity index (χ3n) is 4.79. The molecule has 1 N–H and O–H groups in total. The van der Waals surface area contributed by atoms with E-state index < -0.39 is 28.9 Å². The lowest BCUT2D eigenvalue weighted by Crippen LogP contribution is -2.60. The summed E-state index contributed by atoms with van der Waals surface area (Å²) in [5.74, 6) is -3.49. The molecule has 0 aromatic heterocycles. The SMILES string of the molecule is CC(=O)C1=C(O)[C@@]2(C)CCCN2N(Cc2cccc(F)c2F)C1=O. The Labute approximate surface area is 138 Å². The Kier molecular flexibility index (Phi) is 3.91. The minimum atomic E-state index is -1.02. The van der Waals surface area contributed by atoms with Crippen LogP contribution in [0.2, 0.25) is 0 Å². The van der Waals surface area contributed by atoms with Gasteiger partial charge >= 0.3 is 0 Å². The minimum absolute atomic E-state index is 0.0156. The summed E-state index contributed by atoms with van der Waals surface area (Å²) >= 11 is 0. The van der Waals surface area contributed by atoms with Crippen LogP contribution in [0.1, 0.15) is 32.3 Å². The van der Waals surface area contributed by atoms with Crippen molar-refractivity contribution in [3.05, 3.63) is 46.7 Å². The van der Waals surface area contributed by atoms with E-state index in [1.54, 1.807) is 11.9 Å². The zero-order valence-corrected chi connectivity index (χ0v) is 13.5. The Balaban J connectivity index is 2.06. The highest BCUT2D eigenvalue weighted by atomic mass is 19.2. The van der Waals surface area contributed by atoms with E-state index in [0.717, 1.165) is 6.07 Å². The van der Waals surface area contributed by atoms with Gasteiger partial charge in [-0.05, 0) is 32.8 Å². The van der Waals surface area contributed by atoms with Crippen molar-refractivity contribution in [3.63, 3.8) is 0 Å². The average molecular weight is 336 g/mol. The van der Waals surface area contributed by atoms with Gasteiger partial charge in [-0.25, -0.2) is 13.8 Å². The van der Waals surface area contributed by atoms with Crippen LogP contribution in [0.15, 0.2) is 29.5 Å². The summed E-state index contributed by atoms with van der Waals surface area (Å²) in [6.45, 7) is 3.22. The average Bonchev–Trinajstić information content (AvgIpc) is 2.91. The van der Waals surface area contributed by atoms with Crippen LogP contribution in [-0.4, -0.2) is 38.9 Å². The van der Waals surface area contributed by atoms with E-state index in [2.05, 4.69) is 0 Å². The highest BCUT2D eigenvalue weighted by Crippen LogP contribution is 2.41. The third kappa shape index (κ3) is 2.31. The first-order valence-electron chi connectivity index (χ1n) is 7.74. The standard InChI is InChI=1S/C17H18F2N2O3/c1-10(22)13-15(23)17(2)7-4-8-21(17)20(16(13)24)9-11-5-3-6-12(18)14(11)19/h3,5-6,23H,4,7-9H2,1-2H3/t17-/m1/s1. The summed E-state index contributed by atoms with van der Waals surface area (Å²) in [5, 5.41) is 13.3. The number of hydrazine groups is 1. The third-order valence-corrected chi connectivity index (χ3v) is 4.79. The number of aliphatic hydroxyl groups is 1. The molecule has 0 radical (unpaired) electrons. The second-order valence-corrected chi connectivity index (χ2v) is 6.36. The summed E-state index contributed by atoms with van der Waals surface area (Å²) in [6.07, 6.45) is 1.27. The molecule has 128 valence electrons. The quantitative estimate of drug-likeness (QED) is 0.862.